The van der Waals surface area contributed by atoms with E-state index in [9.17, 15) is 9.90 Å². The number of hydrogen-bond acceptors (Lipinski definition) is 3. The van der Waals surface area contributed by atoms with Gasteiger partial charge >= 0.3 is 0 Å². The number of fused-ring (bicyclic) bond motifs is 1. The molecule has 0 spiro atoms. The summed E-state index contributed by atoms with van der Waals surface area (Å²) >= 11 is 0. The summed E-state index contributed by atoms with van der Waals surface area (Å²) in [4.78, 5) is 17.4. The molecule has 1 aromatic heterocycles. The van der Waals surface area contributed by atoms with Crippen LogP contribution in [0.4, 0.5) is 0 Å². The number of benzene rings is 1. The quantitative estimate of drug-likeness (QED) is 0.932. The van der Waals surface area contributed by atoms with Crippen LogP contribution in [-0.2, 0) is 6.54 Å². The monoisotopic (exact) mass is 341 g/mol. The first-order chi connectivity index (χ1) is 12.2. The molecule has 2 fully saturated rings. The average Bonchev–Trinajstić information content (AvgIpc) is 3.24. The van der Waals surface area contributed by atoms with E-state index in [1.807, 2.05) is 23.1 Å². The molecule has 1 aromatic carbocycles. The van der Waals surface area contributed by atoms with Crippen molar-refractivity contribution in [3.63, 3.8) is 0 Å². The van der Waals surface area contributed by atoms with Gasteiger partial charge in [-0.25, -0.2) is 0 Å². The van der Waals surface area contributed by atoms with Gasteiger partial charge in [-0.1, -0.05) is 18.2 Å². The van der Waals surface area contributed by atoms with Crippen LogP contribution in [0.2, 0.25) is 0 Å². The SMILES string of the molecule is CCn1c(C(=O)N2CCN([C@@H]3CCC[C@H]3O)CC2)cc2ccccc21. The maximum Gasteiger partial charge on any atom is 0.270 e. The third kappa shape index (κ3) is 2.96. The Balaban J connectivity index is 1.49. The van der Waals surface area contributed by atoms with Gasteiger partial charge in [0.05, 0.1) is 6.10 Å². The van der Waals surface area contributed by atoms with Crippen molar-refractivity contribution in [1.82, 2.24) is 14.4 Å². The lowest BCUT2D eigenvalue weighted by molar-refractivity contribution is 0.0311. The van der Waals surface area contributed by atoms with Gasteiger partial charge in [-0.15, -0.1) is 0 Å². The lowest BCUT2D eigenvalue weighted by atomic mass is 10.1. The van der Waals surface area contributed by atoms with Crippen LogP contribution in [0, 0.1) is 0 Å². The smallest absolute Gasteiger partial charge is 0.270 e. The highest BCUT2D eigenvalue weighted by Crippen LogP contribution is 2.26. The molecule has 25 heavy (non-hydrogen) atoms. The predicted molar refractivity (Wildman–Crippen MR) is 98.7 cm³/mol. The van der Waals surface area contributed by atoms with Crippen molar-refractivity contribution in [2.75, 3.05) is 26.2 Å². The molecular weight excluding hydrogens is 314 g/mol. The number of aryl methyl sites for hydroxylation is 1. The van der Waals surface area contributed by atoms with Crippen LogP contribution >= 0.6 is 0 Å². The molecule has 2 atom stereocenters. The van der Waals surface area contributed by atoms with Gasteiger partial charge in [-0.2, -0.15) is 0 Å². The van der Waals surface area contributed by atoms with E-state index in [1.54, 1.807) is 0 Å². The fourth-order valence-electron chi connectivity index (χ4n) is 4.49. The number of amides is 1. The van der Waals surface area contributed by atoms with Crippen molar-refractivity contribution in [2.24, 2.45) is 0 Å². The fraction of sp³-hybridized carbons (Fsp3) is 0.550. The van der Waals surface area contributed by atoms with Gasteiger partial charge in [-0.05, 0) is 38.3 Å². The first kappa shape index (κ1) is 16.6. The van der Waals surface area contributed by atoms with Crippen LogP contribution in [0.15, 0.2) is 30.3 Å². The van der Waals surface area contributed by atoms with E-state index in [2.05, 4.69) is 28.5 Å². The van der Waals surface area contributed by atoms with E-state index < -0.39 is 0 Å². The summed E-state index contributed by atoms with van der Waals surface area (Å²) < 4.78 is 2.12. The van der Waals surface area contributed by atoms with Gasteiger partial charge < -0.3 is 14.6 Å². The molecule has 1 N–H and O–H groups in total. The van der Waals surface area contributed by atoms with Gasteiger partial charge in [0, 0.05) is 49.7 Å². The summed E-state index contributed by atoms with van der Waals surface area (Å²) in [6.07, 6.45) is 2.92. The average molecular weight is 341 g/mol. The molecule has 0 radical (unpaired) electrons. The standard InChI is InChI=1S/C20H27N3O2/c1-2-23-16-7-4-3-6-15(16)14-18(23)20(25)22-12-10-21(11-13-22)17-8-5-9-19(17)24/h3-4,6-7,14,17,19,24H,2,5,8-13H2,1H3/t17-,19-/m1/s1. The van der Waals surface area contributed by atoms with Crippen molar-refractivity contribution < 1.29 is 9.90 Å². The van der Waals surface area contributed by atoms with Crippen molar-refractivity contribution in [3.8, 4) is 0 Å². The largest absolute Gasteiger partial charge is 0.391 e. The Bertz CT molecular complexity index is 761. The number of carbonyl (C=O) groups excluding carboxylic acids is 1. The molecule has 0 unspecified atom stereocenters. The van der Waals surface area contributed by atoms with E-state index in [-0.39, 0.29) is 12.0 Å². The molecule has 1 saturated heterocycles. The lowest BCUT2D eigenvalue weighted by Crippen LogP contribution is -2.53. The van der Waals surface area contributed by atoms with Crippen molar-refractivity contribution in [2.45, 2.75) is 44.9 Å². The Kier molecular flexibility index (Phi) is 4.52. The number of rotatable bonds is 3. The maximum absolute atomic E-state index is 13.1. The van der Waals surface area contributed by atoms with Crippen LogP contribution in [0.3, 0.4) is 0 Å². The van der Waals surface area contributed by atoms with E-state index >= 15 is 0 Å². The van der Waals surface area contributed by atoms with Crippen molar-refractivity contribution in [3.05, 3.63) is 36.0 Å². The Hall–Kier alpha value is -1.85. The van der Waals surface area contributed by atoms with Gasteiger partial charge in [0.1, 0.15) is 5.69 Å². The Labute approximate surface area is 148 Å². The van der Waals surface area contributed by atoms with Crippen LogP contribution < -0.4 is 0 Å². The van der Waals surface area contributed by atoms with Gasteiger partial charge in [0.25, 0.3) is 5.91 Å². The van der Waals surface area contributed by atoms with Gasteiger partial charge in [0.2, 0.25) is 0 Å². The number of aromatic nitrogens is 1. The minimum atomic E-state index is -0.190. The number of para-hydroxylation sites is 1. The van der Waals surface area contributed by atoms with Gasteiger partial charge in [-0.3, -0.25) is 9.69 Å². The molecule has 5 heteroatoms. The van der Waals surface area contributed by atoms with Crippen molar-refractivity contribution >= 4 is 16.8 Å². The third-order valence-corrected chi connectivity index (χ3v) is 5.86. The zero-order valence-electron chi connectivity index (χ0n) is 14.9. The minimum absolute atomic E-state index is 0.129. The van der Waals surface area contributed by atoms with Crippen LogP contribution in [-0.4, -0.2) is 63.7 Å². The molecule has 2 aromatic rings. The van der Waals surface area contributed by atoms with E-state index in [4.69, 9.17) is 0 Å². The fourth-order valence-corrected chi connectivity index (χ4v) is 4.49. The summed E-state index contributed by atoms with van der Waals surface area (Å²) in [6.45, 7) is 6.09. The highest BCUT2D eigenvalue weighted by molar-refractivity contribution is 5.98. The third-order valence-electron chi connectivity index (χ3n) is 5.86. The Morgan fingerprint density at radius 2 is 1.92 bits per heavy atom. The molecule has 0 bridgehead atoms. The summed E-state index contributed by atoms with van der Waals surface area (Å²) in [5.41, 5.74) is 1.92. The molecule has 2 heterocycles. The highest BCUT2D eigenvalue weighted by atomic mass is 16.3. The molecule has 2 aliphatic rings. The zero-order chi connectivity index (χ0) is 17.4. The van der Waals surface area contributed by atoms with Crippen LogP contribution in [0.5, 0.6) is 0 Å². The van der Waals surface area contributed by atoms with Crippen LogP contribution in [0.25, 0.3) is 10.9 Å². The molecule has 1 aliphatic heterocycles. The first-order valence-corrected chi connectivity index (χ1v) is 9.48. The summed E-state index contributed by atoms with van der Waals surface area (Å²) in [5.74, 6) is 0.129. The highest BCUT2D eigenvalue weighted by Gasteiger charge is 2.33. The second-order valence-corrected chi connectivity index (χ2v) is 7.23. The van der Waals surface area contributed by atoms with Crippen LogP contribution in [0.1, 0.15) is 36.7 Å². The predicted octanol–water partition coefficient (Wildman–Crippen LogP) is 2.33. The second kappa shape index (κ2) is 6.81. The molecule has 1 saturated carbocycles. The molecule has 4 rings (SSSR count). The zero-order valence-corrected chi connectivity index (χ0v) is 14.9. The number of piperazine rings is 1. The van der Waals surface area contributed by atoms with E-state index in [1.165, 1.54) is 0 Å². The first-order valence-electron chi connectivity index (χ1n) is 9.48. The Morgan fingerprint density at radius 3 is 2.60 bits per heavy atom. The molecule has 1 amide bonds. The summed E-state index contributed by atoms with van der Waals surface area (Å²) in [7, 11) is 0. The van der Waals surface area contributed by atoms with E-state index in [0.717, 1.165) is 68.6 Å². The molecule has 1 aliphatic carbocycles. The molecule has 134 valence electrons. The summed E-state index contributed by atoms with van der Waals surface area (Å²) in [5, 5.41) is 11.2. The number of carbonyl (C=O) groups is 1. The van der Waals surface area contributed by atoms with E-state index in [0.29, 0.717) is 6.04 Å². The van der Waals surface area contributed by atoms with Gasteiger partial charge in [0.15, 0.2) is 0 Å². The van der Waals surface area contributed by atoms with Crippen molar-refractivity contribution in [1.29, 1.82) is 0 Å². The minimum Gasteiger partial charge on any atom is -0.391 e. The number of nitrogens with zero attached hydrogens (tertiary/aromatic N) is 3. The maximum atomic E-state index is 13.1. The number of aliphatic hydroxyl groups is 1. The normalized spacial score (nSPS) is 25.0. The lowest BCUT2D eigenvalue weighted by Gasteiger charge is -2.39. The molecule has 5 nitrogen and oxygen atoms in total. The number of hydrogen-bond donors (Lipinski definition) is 1. The molecular formula is C20H27N3O2. The Morgan fingerprint density at radius 1 is 1.16 bits per heavy atom. The summed E-state index contributed by atoms with van der Waals surface area (Å²) in [6, 6.07) is 10.5. The number of aliphatic hydroxyl groups excluding tert-OH is 1. The topological polar surface area (TPSA) is 48.7 Å². The second-order valence-electron chi connectivity index (χ2n) is 7.23.